The van der Waals surface area contributed by atoms with Crippen molar-refractivity contribution in [1.82, 2.24) is 5.23 Å². The Morgan fingerprint density at radius 3 is 2.62 bits per heavy atom. The molecule has 0 saturated heterocycles. The number of ether oxygens (including phenoxy) is 1. The predicted molar refractivity (Wildman–Crippen MR) is 138 cm³/mol. The Kier molecular flexibility index (Phi) is 8.79. The van der Waals surface area contributed by atoms with Gasteiger partial charge in [-0.1, -0.05) is 24.6 Å². The highest BCUT2D eigenvalue weighted by Crippen LogP contribution is 2.31. The molecule has 13 heteroatoms. The van der Waals surface area contributed by atoms with Crippen LogP contribution in [0.1, 0.15) is 25.8 Å². The summed E-state index contributed by atoms with van der Waals surface area (Å²) in [5.74, 6) is -0.769. The minimum atomic E-state index is -4.34. The molecule has 0 spiro atoms. The molecule has 37 heavy (non-hydrogen) atoms. The highest BCUT2D eigenvalue weighted by Gasteiger charge is 2.24. The van der Waals surface area contributed by atoms with Crippen LogP contribution in [0.5, 0.6) is 17.2 Å². The zero-order valence-corrected chi connectivity index (χ0v) is 22.0. The summed E-state index contributed by atoms with van der Waals surface area (Å²) < 4.78 is 36.4. The van der Waals surface area contributed by atoms with Crippen LogP contribution in [0.4, 0.5) is 0 Å². The number of carbonyl (C=O) groups excluding carboxylic acids is 1. The molecule has 0 fully saturated rings. The SMILES string of the molecule is CCC=C1C=CN=C1N=C(N)N(OC(C)=O)Oc1cc(C)cc(OS(=O)(=O)c2cc(Cl)ccc2OC)c1. The van der Waals surface area contributed by atoms with Gasteiger partial charge in [-0.2, -0.15) is 13.4 Å². The first-order valence-electron chi connectivity index (χ1n) is 10.9. The van der Waals surface area contributed by atoms with Crippen LogP contribution in [0.3, 0.4) is 0 Å². The molecule has 0 aliphatic carbocycles. The van der Waals surface area contributed by atoms with E-state index in [-0.39, 0.29) is 33.1 Å². The van der Waals surface area contributed by atoms with Gasteiger partial charge in [-0.15, -0.1) is 0 Å². The van der Waals surface area contributed by atoms with Gasteiger partial charge in [0.1, 0.15) is 16.4 Å². The third-order valence-electron chi connectivity index (χ3n) is 4.57. The van der Waals surface area contributed by atoms with Crippen molar-refractivity contribution in [2.75, 3.05) is 7.11 Å². The second-order valence-corrected chi connectivity index (χ2v) is 9.50. The van der Waals surface area contributed by atoms with E-state index in [9.17, 15) is 13.2 Å². The van der Waals surface area contributed by atoms with Gasteiger partial charge in [0, 0.05) is 35.0 Å². The number of aryl methyl sites for hydroxylation is 1. The first kappa shape index (κ1) is 27.6. The summed E-state index contributed by atoms with van der Waals surface area (Å²) in [5.41, 5.74) is 7.34. The van der Waals surface area contributed by atoms with Crippen LogP contribution in [0.25, 0.3) is 0 Å². The molecule has 2 aromatic carbocycles. The van der Waals surface area contributed by atoms with Gasteiger partial charge in [-0.25, -0.2) is 9.79 Å². The second-order valence-electron chi connectivity index (χ2n) is 7.55. The lowest BCUT2D eigenvalue weighted by atomic mass is 10.2. The summed E-state index contributed by atoms with van der Waals surface area (Å²) in [4.78, 5) is 30.4. The maximum Gasteiger partial charge on any atom is 0.342 e. The molecular weight excluding hydrogens is 524 g/mol. The molecule has 3 rings (SSSR count). The molecule has 0 saturated carbocycles. The summed E-state index contributed by atoms with van der Waals surface area (Å²) in [6, 6.07) is 8.39. The van der Waals surface area contributed by atoms with Gasteiger partial charge in [-0.3, -0.25) is 0 Å². The lowest BCUT2D eigenvalue weighted by Gasteiger charge is -2.21. The van der Waals surface area contributed by atoms with Crippen molar-refractivity contribution in [3.8, 4) is 17.2 Å². The van der Waals surface area contributed by atoms with Gasteiger partial charge in [0.15, 0.2) is 11.6 Å². The molecule has 0 bridgehead atoms. The van der Waals surface area contributed by atoms with Crippen LogP contribution in [0, 0.1) is 6.92 Å². The first-order valence-corrected chi connectivity index (χ1v) is 12.7. The summed E-state index contributed by atoms with van der Waals surface area (Å²) >= 11 is 5.97. The number of halogens is 1. The van der Waals surface area contributed by atoms with E-state index in [1.807, 2.05) is 13.0 Å². The van der Waals surface area contributed by atoms with Crippen LogP contribution in [0.2, 0.25) is 5.02 Å². The summed E-state index contributed by atoms with van der Waals surface area (Å²) in [6.45, 7) is 4.79. The molecule has 1 aliphatic heterocycles. The van der Waals surface area contributed by atoms with Crippen LogP contribution in [0.15, 0.2) is 75.2 Å². The van der Waals surface area contributed by atoms with Gasteiger partial charge in [0.05, 0.1) is 7.11 Å². The molecule has 2 aromatic rings. The fraction of sp³-hybridized carbons (Fsp3) is 0.208. The molecule has 11 nitrogen and oxygen atoms in total. The van der Waals surface area contributed by atoms with E-state index in [1.54, 1.807) is 25.3 Å². The standard InChI is InChI=1S/C24H25ClN4O7S/c1-5-6-17-9-10-27-23(17)28-24(26)29(34-16(3)30)35-19-11-15(2)12-20(14-19)36-37(31,32)22-13-18(25)7-8-21(22)33-4/h6-14H,5H2,1-4H3,(H2,26,27,28). The average Bonchev–Trinajstić information content (AvgIpc) is 3.24. The number of carbonyl (C=O) groups is 1. The minimum absolute atomic E-state index is 0.0402. The van der Waals surface area contributed by atoms with Crippen molar-refractivity contribution in [3.63, 3.8) is 0 Å². The van der Waals surface area contributed by atoms with Crippen molar-refractivity contribution in [1.29, 1.82) is 0 Å². The normalized spacial score (nSPS) is 14.4. The number of benzene rings is 2. The Bertz CT molecular complexity index is 1420. The molecule has 0 aromatic heterocycles. The number of aliphatic imine (C=N–C) groups is 2. The van der Waals surface area contributed by atoms with Crippen LogP contribution in [-0.4, -0.2) is 38.5 Å². The summed E-state index contributed by atoms with van der Waals surface area (Å²) in [6.07, 6.45) is 5.96. The molecular formula is C24H25ClN4O7S. The Hall–Kier alpha value is -4.03. The second kappa shape index (κ2) is 11.8. The Morgan fingerprint density at radius 1 is 1.22 bits per heavy atom. The monoisotopic (exact) mass is 548 g/mol. The fourth-order valence-corrected chi connectivity index (χ4v) is 4.46. The van der Waals surface area contributed by atoms with E-state index in [4.69, 9.17) is 35.9 Å². The van der Waals surface area contributed by atoms with E-state index < -0.39 is 16.1 Å². The smallest absolute Gasteiger partial charge is 0.342 e. The number of nitrogens with zero attached hydrogens (tertiary/aromatic N) is 3. The minimum Gasteiger partial charge on any atom is -0.495 e. The van der Waals surface area contributed by atoms with Crippen molar-refractivity contribution >= 4 is 39.5 Å². The van der Waals surface area contributed by atoms with Crippen molar-refractivity contribution in [2.45, 2.75) is 32.1 Å². The number of amidine groups is 1. The third kappa shape index (κ3) is 7.24. The fourth-order valence-electron chi connectivity index (χ4n) is 3.12. The zero-order valence-electron chi connectivity index (χ0n) is 20.5. The largest absolute Gasteiger partial charge is 0.495 e. The molecule has 0 radical (unpaired) electrons. The molecule has 0 atom stereocenters. The van der Waals surface area contributed by atoms with Gasteiger partial charge >= 0.3 is 16.1 Å². The molecule has 1 heterocycles. The molecule has 0 amide bonds. The first-order chi connectivity index (χ1) is 17.5. The summed E-state index contributed by atoms with van der Waals surface area (Å²) in [5, 5.41) is 0.779. The lowest BCUT2D eigenvalue weighted by molar-refractivity contribution is -0.248. The van der Waals surface area contributed by atoms with Crippen molar-refractivity contribution in [2.24, 2.45) is 15.7 Å². The number of rotatable bonds is 7. The van der Waals surface area contributed by atoms with Crippen LogP contribution < -0.4 is 19.5 Å². The number of hydroxylamine groups is 2. The number of hydrogen-bond acceptors (Lipinski definition) is 9. The van der Waals surface area contributed by atoms with E-state index in [1.165, 1.54) is 37.4 Å². The maximum absolute atomic E-state index is 13.0. The number of methoxy groups -OCH3 is 1. The van der Waals surface area contributed by atoms with E-state index in [0.717, 1.165) is 18.9 Å². The third-order valence-corrected chi connectivity index (χ3v) is 6.07. The Balaban J connectivity index is 1.90. The van der Waals surface area contributed by atoms with E-state index >= 15 is 0 Å². The number of guanidine groups is 1. The van der Waals surface area contributed by atoms with Crippen LogP contribution >= 0.6 is 11.6 Å². The zero-order chi connectivity index (χ0) is 27.2. The van der Waals surface area contributed by atoms with Gasteiger partial charge < -0.3 is 24.3 Å². The highest BCUT2D eigenvalue weighted by molar-refractivity contribution is 7.87. The molecule has 1 aliphatic rings. The number of hydrogen-bond donors (Lipinski definition) is 1. The topological polar surface area (TPSA) is 142 Å². The molecule has 196 valence electrons. The Morgan fingerprint density at radius 2 is 1.95 bits per heavy atom. The maximum atomic E-state index is 13.0. The van der Waals surface area contributed by atoms with Crippen molar-refractivity contribution < 1.29 is 31.8 Å². The summed E-state index contributed by atoms with van der Waals surface area (Å²) in [7, 11) is -3.02. The van der Waals surface area contributed by atoms with Crippen LogP contribution in [-0.2, 0) is 19.8 Å². The number of allylic oxidation sites excluding steroid dienone is 1. The average molecular weight is 549 g/mol. The quantitative estimate of drug-likeness (QED) is 0.234. The van der Waals surface area contributed by atoms with Crippen molar-refractivity contribution in [3.05, 3.63) is 70.9 Å². The molecule has 0 unspecified atom stereocenters. The van der Waals surface area contributed by atoms with Gasteiger partial charge in [0.25, 0.3) is 5.96 Å². The van der Waals surface area contributed by atoms with E-state index in [0.29, 0.717) is 16.6 Å². The van der Waals surface area contributed by atoms with Gasteiger partial charge in [0.2, 0.25) is 0 Å². The Labute approximate surface area is 219 Å². The van der Waals surface area contributed by atoms with Gasteiger partial charge in [-0.05, 0) is 55.3 Å². The number of nitrogens with two attached hydrogens (primary N) is 1. The van der Waals surface area contributed by atoms with E-state index in [2.05, 4.69) is 9.98 Å². The highest BCUT2D eigenvalue weighted by atomic mass is 35.5. The predicted octanol–water partition coefficient (Wildman–Crippen LogP) is 4.08. The lowest BCUT2D eigenvalue weighted by Crippen LogP contribution is -2.41. The molecule has 2 N–H and O–H groups in total.